The zero-order chi connectivity index (χ0) is 18.2. The van der Waals surface area contributed by atoms with Gasteiger partial charge in [0.1, 0.15) is 12.4 Å². The lowest BCUT2D eigenvalue weighted by Crippen LogP contribution is -2.30. The lowest BCUT2D eigenvalue weighted by atomic mass is 10.3. The molecule has 0 spiro atoms. The minimum Gasteiger partial charge on any atom is -0.485 e. The average molecular weight is 349 g/mol. The van der Waals surface area contributed by atoms with Crippen LogP contribution in [0, 0.1) is 0 Å². The van der Waals surface area contributed by atoms with Crippen molar-refractivity contribution >= 4 is 11.7 Å². The molecule has 0 aliphatic heterocycles. The summed E-state index contributed by atoms with van der Waals surface area (Å²) in [6.07, 6.45) is 4.35. The first-order chi connectivity index (χ1) is 12.7. The first-order valence-electron chi connectivity index (χ1n) is 8.21. The number of nitrogens with one attached hydrogen (secondary N) is 1. The fourth-order valence-electron chi connectivity index (χ4n) is 2.22. The number of aromatic nitrogens is 2. The third kappa shape index (κ3) is 4.80. The third-order valence-corrected chi connectivity index (χ3v) is 3.55. The van der Waals surface area contributed by atoms with E-state index < -0.39 is 6.10 Å². The molecule has 6 nitrogen and oxygen atoms in total. The van der Waals surface area contributed by atoms with E-state index in [-0.39, 0.29) is 5.91 Å². The molecule has 0 saturated carbocycles. The summed E-state index contributed by atoms with van der Waals surface area (Å²) in [6.45, 7) is 2.01. The number of hydrogen-bond donors (Lipinski definition) is 1. The Kier molecular flexibility index (Phi) is 5.77. The molecule has 1 N–H and O–H groups in total. The normalized spacial score (nSPS) is 11.4. The van der Waals surface area contributed by atoms with Gasteiger partial charge in [0.25, 0.3) is 5.91 Å². The molecule has 0 bridgehead atoms. The predicted octanol–water partition coefficient (Wildman–Crippen LogP) is 3.46. The molecule has 3 rings (SSSR count). The molecular weight excluding hydrogens is 330 g/mol. The molecule has 2 aromatic heterocycles. The van der Waals surface area contributed by atoms with Gasteiger partial charge >= 0.3 is 0 Å². The van der Waals surface area contributed by atoms with Gasteiger partial charge in [0.05, 0.1) is 0 Å². The second-order valence-electron chi connectivity index (χ2n) is 5.56. The number of hydrogen-bond acceptors (Lipinski definition) is 5. The summed E-state index contributed by atoms with van der Waals surface area (Å²) in [5, 5.41) is 2.75. The van der Waals surface area contributed by atoms with Crippen LogP contribution < -0.4 is 14.8 Å². The number of anilines is 1. The van der Waals surface area contributed by atoms with Gasteiger partial charge in [0.2, 0.25) is 0 Å². The molecule has 26 heavy (non-hydrogen) atoms. The van der Waals surface area contributed by atoms with Crippen molar-refractivity contribution in [1.29, 1.82) is 0 Å². The summed E-state index contributed by atoms with van der Waals surface area (Å²) >= 11 is 0. The summed E-state index contributed by atoms with van der Waals surface area (Å²) in [5.74, 6) is 1.16. The summed E-state index contributed by atoms with van der Waals surface area (Å²) in [7, 11) is 0. The van der Waals surface area contributed by atoms with Crippen molar-refractivity contribution in [3.63, 3.8) is 0 Å². The van der Waals surface area contributed by atoms with Crippen molar-refractivity contribution in [2.24, 2.45) is 0 Å². The predicted molar refractivity (Wildman–Crippen MR) is 98.0 cm³/mol. The number of para-hydroxylation sites is 1. The van der Waals surface area contributed by atoms with E-state index in [2.05, 4.69) is 15.3 Å². The summed E-state index contributed by atoms with van der Waals surface area (Å²) in [6, 6.07) is 16.4. The smallest absolute Gasteiger partial charge is 0.266 e. The highest BCUT2D eigenvalue weighted by Gasteiger charge is 2.17. The highest BCUT2D eigenvalue weighted by molar-refractivity contribution is 5.94. The molecular formula is C20H19N3O3. The maximum Gasteiger partial charge on any atom is 0.266 e. The molecule has 3 aromatic rings. The Morgan fingerprint density at radius 1 is 1.08 bits per heavy atom. The lowest BCUT2D eigenvalue weighted by molar-refractivity contribution is -0.122. The van der Waals surface area contributed by atoms with Gasteiger partial charge in [-0.25, -0.2) is 4.98 Å². The van der Waals surface area contributed by atoms with Crippen LogP contribution >= 0.6 is 0 Å². The van der Waals surface area contributed by atoms with E-state index in [4.69, 9.17) is 9.47 Å². The van der Waals surface area contributed by atoms with Gasteiger partial charge < -0.3 is 14.8 Å². The number of rotatable bonds is 7. The Morgan fingerprint density at radius 3 is 2.65 bits per heavy atom. The van der Waals surface area contributed by atoms with E-state index in [1.54, 1.807) is 49.8 Å². The number of nitrogens with zero attached hydrogens (tertiary/aromatic N) is 2. The van der Waals surface area contributed by atoms with Crippen molar-refractivity contribution in [2.45, 2.75) is 19.6 Å². The topological polar surface area (TPSA) is 73.3 Å². The van der Waals surface area contributed by atoms with Crippen LogP contribution in [0.5, 0.6) is 11.5 Å². The first kappa shape index (κ1) is 17.4. The average Bonchev–Trinajstić information content (AvgIpc) is 2.69. The molecule has 1 amide bonds. The summed E-state index contributed by atoms with van der Waals surface area (Å²) in [4.78, 5) is 20.6. The van der Waals surface area contributed by atoms with Crippen LogP contribution in [-0.4, -0.2) is 22.0 Å². The molecule has 0 radical (unpaired) electrons. The standard InChI is InChI=1S/C20H19N3O3/c1-15(26-17-8-3-2-4-9-17)20(24)23-19-18(10-6-12-22-19)25-14-16-7-5-11-21-13-16/h2-13,15H,14H2,1H3,(H,22,23,24)/t15-/m0/s1. The molecule has 0 fully saturated rings. The van der Waals surface area contributed by atoms with Crippen LogP contribution in [0.25, 0.3) is 0 Å². The van der Waals surface area contributed by atoms with Crippen LogP contribution in [0.4, 0.5) is 5.82 Å². The molecule has 0 unspecified atom stereocenters. The molecule has 0 saturated heterocycles. The zero-order valence-corrected chi connectivity index (χ0v) is 14.3. The van der Waals surface area contributed by atoms with Gasteiger partial charge in [-0.05, 0) is 37.3 Å². The van der Waals surface area contributed by atoms with Crippen molar-refractivity contribution in [3.05, 3.63) is 78.8 Å². The van der Waals surface area contributed by atoms with Crippen LogP contribution in [0.3, 0.4) is 0 Å². The molecule has 6 heteroatoms. The van der Waals surface area contributed by atoms with Gasteiger partial charge in [-0.2, -0.15) is 0 Å². The van der Waals surface area contributed by atoms with Gasteiger partial charge in [0, 0.05) is 24.2 Å². The van der Waals surface area contributed by atoms with Crippen molar-refractivity contribution in [2.75, 3.05) is 5.32 Å². The van der Waals surface area contributed by atoms with Crippen molar-refractivity contribution in [3.8, 4) is 11.5 Å². The van der Waals surface area contributed by atoms with Crippen molar-refractivity contribution in [1.82, 2.24) is 9.97 Å². The number of carbonyl (C=O) groups excluding carboxylic acids is 1. The fourth-order valence-corrected chi connectivity index (χ4v) is 2.22. The summed E-state index contributed by atoms with van der Waals surface area (Å²) < 4.78 is 11.4. The molecule has 132 valence electrons. The van der Waals surface area contributed by atoms with Gasteiger partial charge in [-0.3, -0.25) is 9.78 Å². The maximum absolute atomic E-state index is 12.4. The number of carbonyl (C=O) groups is 1. The maximum atomic E-state index is 12.4. The number of benzene rings is 1. The highest BCUT2D eigenvalue weighted by atomic mass is 16.5. The molecule has 1 aromatic carbocycles. The Morgan fingerprint density at radius 2 is 1.88 bits per heavy atom. The highest BCUT2D eigenvalue weighted by Crippen LogP contribution is 2.22. The fraction of sp³-hybridized carbons (Fsp3) is 0.150. The molecule has 1 atom stereocenters. The van der Waals surface area contributed by atoms with E-state index in [0.717, 1.165) is 5.56 Å². The quantitative estimate of drug-likeness (QED) is 0.707. The molecule has 0 aliphatic rings. The van der Waals surface area contributed by atoms with E-state index in [1.165, 1.54) is 0 Å². The summed E-state index contributed by atoms with van der Waals surface area (Å²) in [5.41, 5.74) is 0.925. The van der Waals surface area contributed by atoms with Gasteiger partial charge in [-0.15, -0.1) is 0 Å². The van der Waals surface area contributed by atoms with Crippen LogP contribution in [-0.2, 0) is 11.4 Å². The second kappa shape index (κ2) is 8.62. The Bertz CT molecular complexity index is 841. The lowest BCUT2D eigenvalue weighted by Gasteiger charge is -2.16. The van der Waals surface area contributed by atoms with E-state index >= 15 is 0 Å². The van der Waals surface area contributed by atoms with Crippen LogP contribution in [0.15, 0.2) is 73.2 Å². The van der Waals surface area contributed by atoms with Gasteiger partial charge in [0.15, 0.2) is 17.7 Å². The number of pyridine rings is 2. The van der Waals surface area contributed by atoms with E-state index in [9.17, 15) is 4.79 Å². The largest absolute Gasteiger partial charge is 0.485 e. The first-order valence-corrected chi connectivity index (χ1v) is 8.21. The Hall–Kier alpha value is -3.41. The minimum absolute atomic E-state index is 0.307. The van der Waals surface area contributed by atoms with Gasteiger partial charge in [-0.1, -0.05) is 24.3 Å². The van der Waals surface area contributed by atoms with E-state index in [1.807, 2.05) is 30.3 Å². The third-order valence-electron chi connectivity index (χ3n) is 3.55. The van der Waals surface area contributed by atoms with Crippen LogP contribution in [0.1, 0.15) is 12.5 Å². The minimum atomic E-state index is -0.675. The monoisotopic (exact) mass is 349 g/mol. The second-order valence-corrected chi connectivity index (χ2v) is 5.56. The molecule has 2 heterocycles. The number of amides is 1. The Balaban J connectivity index is 1.63. The van der Waals surface area contributed by atoms with Crippen LogP contribution in [0.2, 0.25) is 0 Å². The molecule has 0 aliphatic carbocycles. The Labute approximate surface area is 151 Å². The van der Waals surface area contributed by atoms with Crippen molar-refractivity contribution < 1.29 is 14.3 Å². The number of ether oxygens (including phenoxy) is 2. The zero-order valence-electron chi connectivity index (χ0n) is 14.3. The van der Waals surface area contributed by atoms with E-state index in [0.29, 0.717) is 23.9 Å². The SMILES string of the molecule is C[C@H](Oc1ccccc1)C(=O)Nc1ncccc1OCc1cccnc1.